The van der Waals surface area contributed by atoms with Crippen LogP contribution >= 0.6 is 0 Å². The molecule has 0 aliphatic heterocycles. The summed E-state index contributed by atoms with van der Waals surface area (Å²) < 4.78 is 5.15. The lowest BCUT2D eigenvalue weighted by Crippen LogP contribution is -2.56. The first kappa shape index (κ1) is 19.6. The molecule has 152 valence electrons. The molecule has 3 fully saturated rings. The molecule has 1 N–H and O–H groups in total. The number of carbonyl (C=O) groups is 2. The van der Waals surface area contributed by atoms with Gasteiger partial charge in [-0.3, -0.25) is 9.59 Å². The second-order valence-electron chi connectivity index (χ2n) is 9.81. The minimum atomic E-state index is -0.403. The van der Waals surface area contributed by atoms with Crippen LogP contribution < -0.4 is 0 Å². The van der Waals surface area contributed by atoms with Crippen molar-refractivity contribution in [2.45, 2.75) is 59.5 Å². The topological polar surface area (TPSA) is 63.6 Å². The zero-order chi connectivity index (χ0) is 20.3. The van der Waals surface area contributed by atoms with E-state index in [9.17, 15) is 14.7 Å². The lowest BCUT2D eigenvalue weighted by atomic mass is 9.46. The van der Waals surface area contributed by atoms with Crippen LogP contribution in [0.1, 0.15) is 53.4 Å². The van der Waals surface area contributed by atoms with Crippen LogP contribution in [-0.4, -0.2) is 29.6 Å². The van der Waals surface area contributed by atoms with Gasteiger partial charge in [0, 0.05) is 18.3 Å². The van der Waals surface area contributed by atoms with E-state index in [0.29, 0.717) is 24.4 Å². The molecule has 4 nitrogen and oxygen atoms in total. The molecule has 4 rings (SSSR count). The summed E-state index contributed by atoms with van der Waals surface area (Å²) in [5.41, 5.74) is 2.27. The number of carbonyl (C=O) groups excluding carboxylic acids is 2. The van der Waals surface area contributed by atoms with E-state index in [1.54, 1.807) is 6.08 Å². The van der Waals surface area contributed by atoms with E-state index < -0.39 is 6.10 Å². The molecule has 0 aromatic carbocycles. The van der Waals surface area contributed by atoms with Gasteiger partial charge in [-0.05, 0) is 67.1 Å². The van der Waals surface area contributed by atoms with Gasteiger partial charge >= 0.3 is 5.97 Å². The number of hydrogen-bond donors (Lipinski definition) is 1. The highest BCUT2D eigenvalue weighted by atomic mass is 16.5. The highest BCUT2D eigenvalue weighted by Crippen LogP contribution is 2.66. The first-order valence-corrected chi connectivity index (χ1v) is 10.6. The Bertz CT molecular complexity index is 790. The molecule has 0 bridgehead atoms. The van der Waals surface area contributed by atoms with E-state index in [0.717, 1.165) is 25.7 Å². The second-order valence-corrected chi connectivity index (χ2v) is 9.81. The number of rotatable bonds is 2. The van der Waals surface area contributed by atoms with Crippen LogP contribution in [0.25, 0.3) is 0 Å². The molecule has 4 aliphatic rings. The molecule has 0 saturated heterocycles. The summed E-state index contributed by atoms with van der Waals surface area (Å²) in [5.74, 6) is 1.28. The highest BCUT2D eigenvalue weighted by molar-refractivity contribution is 6.01. The van der Waals surface area contributed by atoms with Gasteiger partial charge in [-0.25, -0.2) is 0 Å². The molecule has 0 unspecified atom stereocenters. The van der Waals surface area contributed by atoms with Crippen LogP contribution in [0.3, 0.4) is 0 Å². The minimum Gasteiger partial charge on any atom is -0.462 e. The number of aliphatic hydroxyl groups is 1. The van der Waals surface area contributed by atoms with Crippen molar-refractivity contribution >= 4 is 11.8 Å². The molecule has 0 radical (unpaired) electrons. The normalized spacial score (nSPS) is 45.9. The van der Waals surface area contributed by atoms with Gasteiger partial charge in [0.2, 0.25) is 0 Å². The first-order chi connectivity index (χ1) is 13.2. The van der Waals surface area contributed by atoms with Crippen LogP contribution in [0.4, 0.5) is 0 Å². The number of ketones is 1. The molecule has 0 amide bonds. The Morgan fingerprint density at radius 1 is 1.39 bits per heavy atom. The van der Waals surface area contributed by atoms with Crippen molar-refractivity contribution in [2.75, 3.05) is 6.61 Å². The van der Waals surface area contributed by atoms with E-state index in [4.69, 9.17) is 4.74 Å². The largest absolute Gasteiger partial charge is 0.462 e. The number of allylic oxidation sites excluding steroid dienone is 5. The van der Waals surface area contributed by atoms with Crippen molar-refractivity contribution in [1.82, 2.24) is 0 Å². The SMILES string of the molecule is CC(=O)OC/C=C1\CC[C@@H]2[C@@H]3C[C@H](C)C4=CC(=O)C=C[C@]4(C)[C@@H]3[C@H](O)C[C@@]12C. The van der Waals surface area contributed by atoms with Gasteiger partial charge in [0.25, 0.3) is 0 Å². The summed E-state index contributed by atoms with van der Waals surface area (Å²) in [6.45, 7) is 8.50. The third-order valence-electron chi connectivity index (χ3n) is 8.28. The van der Waals surface area contributed by atoms with Gasteiger partial charge in [-0.15, -0.1) is 0 Å². The van der Waals surface area contributed by atoms with E-state index in [2.05, 4.69) is 32.9 Å². The number of ether oxygens (including phenoxy) is 1. The molecule has 0 spiro atoms. The zero-order valence-corrected chi connectivity index (χ0v) is 17.4. The molecular formula is C24H32O4. The second kappa shape index (κ2) is 6.69. The third kappa shape index (κ3) is 2.83. The molecule has 4 heteroatoms. The van der Waals surface area contributed by atoms with Crippen molar-refractivity contribution in [1.29, 1.82) is 0 Å². The molecule has 28 heavy (non-hydrogen) atoms. The fourth-order valence-corrected chi connectivity index (χ4v) is 7.19. The zero-order valence-electron chi connectivity index (χ0n) is 17.4. The van der Waals surface area contributed by atoms with Crippen LogP contribution in [0.2, 0.25) is 0 Å². The fraction of sp³-hybridized carbons (Fsp3) is 0.667. The quantitative estimate of drug-likeness (QED) is 0.577. The number of hydrogen-bond acceptors (Lipinski definition) is 4. The summed E-state index contributed by atoms with van der Waals surface area (Å²) in [6, 6.07) is 0. The molecule has 0 aromatic rings. The molecule has 0 heterocycles. The van der Waals surface area contributed by atoms with Crippen molar-refractivity contribution in [3.8, 4) is 0 Å². The highest BCUT2D eigenvalue weighted by Gasteiger charge is 2.61. The van der Waals surface area contributed by atoms with Crippen LogP contribution in [0.5, 0.6) is 0 Å². The number of fused-ring (bicyclic) bond motifs is 5. The summed E-state index contributed by atoms with van der Waals surface area (Å²) in [6.07, 6.45) is 11.2. The fourth-order valence-electron chi connectivity index (χ4n) is 7.19. The van der Waals surface area contributed by atoms with Crippen LogP contribution in [-0.2, 0) is 14.3 Å². The number of esters is 1. The van der Waals surface area contributed by atoms with Gasteiger partial charge in [0.15, 0.2) is 5.78 Å². The minimum absolute atomic E-state index is 0.0355. The van der Waals surface area contributed by atoms with Gasteiger partial charge in [-0.2, -0.15) is 0 Å². The lowest BCUT2D eigenvalue weighted by molar-refractivity contribution is -0.139. The standard InChI is InChI=1S/C24H32O4/c1-14-11-18-19-6-5-16(8-10-28-15(2)25)24(19,4)13-21(27)22(18)23(3)9-7-17(26)12-20(14)23/h7-9,12,14,18-19,21-22,27H,5-6,10-11,13H2,1-4H3/b16-8+/t14-,18-,19+,21+,22-,23-,24-/m0/s1. The Morgan fingerprint density at radius 2 is 2.14 bits per heavy atom. The van der Waals surface area contributed by atoms with Gasteiger partial charge in [0.05, 0.1) is 6.10 Å². The van der Waals surface area contributed by atoms with E-state index in [-0.39, 0.29) is 28.5 Å². The molecular weight excluding hydrogens is 352 g/mol. The Balaban J connectivity index is 1.67. The van der Waals surface area contributed by atoms with Crippen molar-refractivity contribution in [2.24, 2.45) is 34.5 Å². The van der Waals surface area contributed by atoms with Crippen LogP contribution in [0, 0.1) is 34.5 Å². The Morgan fingerprint density at radius 3 is 2.86 bits per heavy atom. The third-order valence-corrected chi connectivity index (χ3v) is 8.28. The Hall–Kier alpha value is -1.68. The molecule has 4 aliphatic carbocycles. The van der Waals surface area contributed by atoms with Crippen LogP contribution in [0.15, 0.2) is 35.5 Å². The Labute approximate surface area is 167 Å². The van der Waals surface area contributed by atoms with E-state index in [1.807, 2.05) is 6.08 Å². The smallest absolute Gasteiger partial charge is 0.302 e. The first-order valence-electron chi connectivity index (χ1n) is 10.6. The monoisotopic (exact) mass is 384 g/mol. The lowest BCUT2D eigenvalue weighted by Gasteiger charge is -2.59. The maximum Gasteiger partial charge on any atom is 0.302 e. The van der Waals surface area contributed by atoms with Crippen molar-refractivity contribution < 1.29 is 19.4 Å². The average molecular weight is 385 g/mol. The summed E-state index contributed by atoms with van der Waals surface area (Å²) in [4.78, 5) is 23.1. The van der Waals surface area contributed by atoms with E-state index in [1.165, 1.54) is 18.1 Å². The average Bonchev–Trinajstić information content (AvgIpc) is 2.92. The summed E-state index contributed by atoms with van der Waals surface area (Å²) >= 11 is 0. The maximum atomic E-state index is 12.0. The summed E-state index contributed by atoms with van der Waals surface area (Å²) in [5, 5.41) is 11.3. The van der Waals surface area contributed by atoms with Gasteiger partial charge in [-0.1, -0.05) is 38.0 Å². The van der Waals surface area contributed by atoms with Gasteiger partial charge in [0.1, 0.15) is 6.61 Å². The number of aliphatic hydroxyl groups excluding tert-OH is 1. The van der Waals surface area contributed by atoms with Crippen molar-refractivity contribution in [3.63, 3.8) is 0 Å². The molecule has 3 saturated carbocycles. The molecule has 7 atom stereocenters. The Kier molecular flexibility index (Phi) is 4.69. The van der Waals surface area contributed by atoms with Crippen molar-refractivity contribution in [3.05, 3.63) is 35.5 Å². The summed E-state index contributed by atoms with van der Waals surface area (Å²) in [7, 11) is 0. The maximum absolute atomic E-state index is 12.0. The van der Waals surface area contributed by atoms with E-state index >= 15 is 0 Å². The predicted molar refractivity (Wildman–Crippen MR) is 107 cm³/mol. The van der Waals surface area contributed by atoms with Gasteiger partial charge < -0.3 is 9.84 Å². The predicted octanol–water partition coefficient (Wildman–Crippen LogP) is 4.00. The molecule has 0 aromatic heterocycles.